The zero-order valence-electron chi connectivity index (χ0n) is 17.1. The first-order chi connectivity index (χ1) is 14.2. The average molecular weight is 458 g/mol. The number of ether oxygens (including phenoxy) is 2. The largest absolute Gasteiger partial charge is 0.387 e. The van der Waals surface area contributed by atoms with Crippen LogP contribution < -0.4 is 0 Å². The maximum absolute atomic E-state index is 12.7. The molecule has 0 aromatic carbocycles. The normalized spacial score (nSPS) is 30.0. The summed E-state index contributed by atoms with van der Waals surface area (Å²) in [7, 11) is 1.44. The van der Waals surface area contributed by atoms with Crippen LogP contribution in [0.15, 0.2) is 5.29 Å². The molecule has 1 saturated heterocycles. The highest BCUT2D eigenvalue weighted by molar-refractivity contribution is 6.18. The molecule has 13 heteroatoms. The molecule has 1 unspecified atom stereocenters. The molecule has 0 aromatic heterocycles. The third-order valence-corrected chi connectivity index (χ3v) is 5.09. The number of aliphatic hydroxyl groups excluding tert-OH is 4. The number of alkyl halides is 1. The fourth-order valence-corrected chi connectivity index (χ4v) is 3.35. The van der Waals surface area contributed by atoms with Gasteiger partial charge in [0.15, 0.2) is 12.0 Å². The second-order valence-corrected chi connectivity index (χ2v) is 7.46. The lowest BCUT2D eigenvalue weighted by Gasteiger charge is -2.48. The van der Waals surface area contributed by atoms with Crippen molar-refractivity contribution in [3.05, 3.63) is 4.91 Å². The lowest BCUT2D eigenvalue weighted by Crippen LogP contribution is -2.69. The third-order valence-electron chi connectivity index (χ3n) is 4.92. The summed E-state index contributed by atoms with van der Waals surface area (Å²) in [5.41, 5.74) is 0. The molecule has 12 nitrogen and oxygen atoms in total. The molecule has 5 N–H and O–H groups in total. The Bertz CT molecular complexity index is 547. The van der Waals surface area contributed by atoms with E-state index in [1.807, 2.05) is 6.92 Å². The van der Waals surface area contributed by atoms with Crippen molar-refractivity contribution in [2.24, 2.45) is 5.29 Å². The monoisotopic (exact) mass is 457 g/mol. The molecule has 0 spiro atoms. The van der Waals surface area contributed by atoms with Gasteiger partial charge < -0.3 is 35.0 Å². The summed E-state index contributed by atoms with van der Waals surface area (Å²) in [5, 5.41) is 55.3. The number of nitroso groups, excluding NO2 is 1. The predicted molar refractivity (Wildman–Crippen MR) is 105 cm³/mol. The summed E-state index contributed by atoms with van der Waals surface area (Å²) in [4.78, 5) is 24.5. The third kappa shape index (κ3) is 6.44. The van der Waals surface area contributed by atoms with E-state index in [-0.39, 0.29) is 38.4 Å². The average Bonchev–Trinajstić information content (AvgIpc) is 2.74. The summed E-state index contributed by atoms with van der Waals surface area (Å²) in [6, 6.07) is -1.01. The van der Waals surface area contributed by atoms with Crippen molar-refractivity contribution >= 4 is 17.6 Å². The standard InChI is InChI=1S/C17H32ClN3O9/c1-3-4-6-17(27)14(24)12(23)11(22)13(30-17)15(25)20(8-5-10-29-2)16(26)21(19-28)9-7-18/h11-15,22-25,27H,3-10H2,1-2H3/t11-,12-,13-,14+,15?,17-/m0/s1. The van der Waals surface area contributed by atoms with Crippen molar-refractivity contribution < 1.29 is 39.8 Å². The first-order valence-corrected chi connectivity index (χ1v) is 10.3. The topological polar surface area (TPSA) is 173 Å². The Morgan fingerprint density at radius 2 is 1.93 bits per heavy atom. The van der Waals surface area contributed by atoms with Crippen LogP contribution in [0.25, 0.3) is 0 Å². The minimum absolute atomic E-state index is 0.0798. The highest BCUT2D eigenvalue weighted by atomic mass is 35.5. The van der Waals surface area contributed by atoms with E-state index in [1.165, 1.54) is 7.11 Å². The van der Waals surface area contributed by atoms with E-state index < -0.39 is 42.5 Å². The number of halogens is 1. The molecule has 1 heterocycles. The van der Waals surface area contributed by atoms with E-state index in [0.717, 1.165) is 4.90 Å². The van der Waals surface area contributed by atoms with Crippen molar-refractivity contribution in [1.29, 1.82) is 0 Å². The van der Waals surface area contributed by atoms with E-state index in [4.69, 9.17) is 21.1 Å². The number of hydrogen-bond donors (Lipinski definition) is 5. The van der Waals surface area contributed by atoms with Gasteiger partial charge in [-0.2, -0.15) is 5.01 Å². The number of urea groups is 1. The number of amides is 2. The first-order valence-electron chi connectivity index (χ1n) is 9.77. The number of nitrogens with zero attached hydrogens (tertiary/aromatic N) is 3. The van der Waals surface area contributed by atoms with Crippen LogP contribution in [0, 0.1) is 4.91 Å². The van der Waals surface area contributed by atoms with Crippen LogP contribution in [0.5, 0.6) is 0 Å². The molecule has 1 fully saturated rings. The van der Waals surface area contributed by atoms with Crippen molar-refractivity contribution in [2.75, 3.05) is 32.7 Å². The van der Waals surface area contributed by atoms with Crippen LogP contribution >= 0.6 is 11.6 Å². The van der Waals surface area contributed by atoms with Gasteiger partial charge in [0.2, 0.25) is 0 Å². The van der Waals surface area contributed by atoms with E-state index in [1.54, 1.807) is 0 Å². The number of carbonyl (C=O) groups is 1. The summed E-state index contributed by atoms with van der Waals surface area (Å²) in [5.74, 6) is -2.34. The van der Waals surface area contributed by atoms with Crippen molar-refractivity contribution in [2.45, 2.75) is 69.0 Å². The molecular weight excluding hydrogens is 426 g/mol. The Hall–Kier alpha value is -1.12. The highest BCUT2D eigenvalue weighted by Gasteiger charge is 2.55. The van der Waals surface area contributed by atoms with Gasteiger partial charge in [-0.3, -0.25) is 4.90 Å². The van der Waals surface area contributed by atoms with E-state index in [2.05, 4.69) is 5.29 Å². The first kappa shape index (κ1) is 26.9. The second-order valence-electron chi connectivity index (χ2n) is 7.09. The van der Waals surface area contributed by atoms with Crippen LogP contribution in [0.3, 0.4) is 0 Å². The van der Waals surface area contributed by atoms with Crippen LogP contribution in [0.4, 0.5) is 4.79 Å². The number of hydrogen-bond acceptors (Lipinski definition) is 10. The summed E-state index contributed by atoms with van der Waals surface area (Å²) < 4.78 is 10.3. The Morgan fingerprint density at radius 1 is 1.27 bits per heavy atom. The molecule has 1 rings (SSSR count). The molecule has 176 valence electrons. The van der Waals surface area contributed by atoms with Gasteiger partial charge in [0, 0.05) is 32.6 Å². The minimum Gasteiger partial charge on any atom is -0.387 e. The molecule has 0 bridgehead atoms. The van der Waals surface area contributed by atoms with Crippen molar-refractivity contribution in [3.63, 3.8) is 0 Å². The molecular formula is C17H32ClN3O9. The summed E-state index contributed by atoms with van der Waals surface area (Å²) in [6.45, 7) is 1.70. The van der Waals surface area contributed by atoms with Crippen LogP contribution in [0.1, 0.15) is 32.6 Å². The predicted octanol–water partition coefficient (Wildman–Crippen LogP) is -0.654. The van der Waals surface area contributed by atoms with Gasteiger partial charge in [0.1, 0.15) is 24.4 Å². The maximum atomic E-state index is 12.7. The maximum Gasteiger partial charge on any atom is 0.345 e. The number of carbonyl (C=O) groups excluding carboxylic acids is 1. The number of methoxy groups -OCH3 is 1. The van der Waals surface area contributed by atoms with E-state index >= 15 is 0 Å². The molecule has 0 saturated carbocycles. The van der Waals surface area contributed by atoms with Gasteiger partial charge in [-0.25, -0.2) is 4.79 Å². The highest BCUT2D eigenvalue weighted by Crippen LogP contribution is 2.34. The Balaban J connectivity index is 3.15. The number of unbranched alkanes of at least 4 members (excludes halogenated alkanes) is 1. The molecule has 1 aliphatic heterocycles. The van der Waals surface area contributed by atoms with Gasteiger partial charge in [-0.05, 0) is 12.8 Å². The van der Waals surface area contributed by atoms with Crippen molar-refractivity contribution in [3.8, 4) is 0 Å². The summed E-state index contributed by atoms with van der Waals surface area (Å²) in [6.07, 6.45) is -7.84. The quantitative estimate of drug-likeness (QED) is 0.0838. The zero-order chi connectivity index (χ0) is 22.9. The minimum atomic E-state index is -2.25. The van der Waals surface area contributed by atoms with Gasteiger partial charge >= 0.3 is 6.03 Å². The lowest BCUT2D eigenvalue weighted by molar-refractivity contribution is -0.365. The molecule has 30 heavy (non-hydrogen) atoms. The molecule has 2 amide bonds. The van der Waals surface area contributed by atoms with Crippen LogP contribution in [-0.4, -0.2) is 111 Å². The number of rotatable bonds is 12. The van der Waals surface area contributed by atoms with E-state index in [9.17, 15) is 35.2 Å². The van der Waals surface area contributed by atoms with Gasteiger partial charge in [0.25, 0.3) is 0 Å². The molecule has 0 aromatic rings. The number of aliphatic hydroxyl groups is 5. The molecule has 1 aliphatic rings. The Kier molecular flexibility index (Phi) is 11.4. The Labute approximate surface area is 179 Å². The molecule has 0 radical (unpaired) electrons. The second kappa shape index (κ2) is 12.7. The Morgan fingerprint density at radius 3 is 2.47 bits per heavy atom. The zero-order valence-corrected chi connectivity index (χ0v) is 17.9. The lowest BCUT2D eigenvalue weighted by atomic mass is 9.88. The van der Waals surface area contributed by atoms with Gasteiger partial charge in [-0.15, -0.1) is 16.5 Å². The van der Waals surface area contributed by atoms with Gasteiger partial charge in [-0.1, -0.05) is 13.3 Å². The fraction of sp³-hybridized carbons (Fsp3) is 0.941. The summed E-state index contributed by atoms with van der Waals surface area (Å²) >= 11 is 5.57. The van der Waals surface area contributed by atoms with Gasteiger partial charge in [0.05, 0.1) is 11.8 Å². The van der Waals surface area contributed by atoms with Crippen LogP contribution in [0.2, 0.25) is 0 Å². The van der Waals surface area contributed by atoms with E-state index in [0.29, 0.717) is 17.9 Å². The van der Waals surface area contributed by atoms with Crippen LogP contribution in [-0.2, 0) is 9.47 Å². The fourth-order valence-electron chi connectivity index (χ4n) is 3.19. The SMILES string of the molecule is CCCC[C@]1(O)O[C@H](C(O)N(CCCOC)C(=O)N(CCCl)N=O)[C@@H](O)[C@H](O)[C@H]1O. The molecule has 6 atom stereocenters. The smallest absolute Gasteiger partial charge is 0.345 e. The molecule has 0 aliphatic carbocycles. The van der Waals surface area contributed by atoms with Crippen molar-refractivity contribution in [1.82, 2.24) is 9.91 Å².